The predicted octanol–water partition coefficient (Wildman–Crippen LogP) is 2.32. The Morgan fingerprint density at radius 2 is 1.90 bits per heavy atom. The number of methoxy groups -OCH3 is 3. The molecule has 1 aromatic carbocycles. The number of hydrogen-bond donors (Lipinski definition) is 0. The lowest BCUT2D eigenvalue weighted by atomic mass is 9.92. The molecular formula is C15H20O5. The first-order valence-electron chi connectivity index (χ1n) is 6.63. The van der Waals surface area contributed by atoms with Gasteiger partial charge in [-0.3, -0.25) is 4.79 Å². The second kappa shape index (κ2) is 6.61. The fraction of sp³-hybridized carbons (Fsp3) is 0.533. The first-order chi connectivity index (χ1) is 9.72. The van der Waals surface area contributed by atoms with Gasteiger partial charge in [-0.15, -0.1) is 0 Å². The van der Waals surface area contributed by atoms with E-state index >= 15 is 0 Å². The number of Topliss-reactive ketones (excluding diaryl/α,β-unsaturated/α-hetero) is 1. The maximum Gasteiger partial charge on any atom is 0.204 e. The first-order valence-corrected chi connectivity index (χ1v) is 6.63. The number of ketones is 1. The SMILES string of the molecule is COc1ccc(C(=O)C2CCCOC2)c(OC)c1OC. The maximum absolute atomic E-state index is 12.6. The molecule has 0 aliphatic carbocycles. The number of rotatable bonds is 5. The molecule has 1 aromatic rings. The summed E-state index contributed by atoms with van der Waals surface area (Å²) in [5, 5.41) is 0. The van der Waals surface area contributed by atoms with Crippen molar-refractivity contribution in [3.63, 3.8) is 0 Å². The molecule has 0 amide bonds. The average molecular weight is 280 g/mol. The van der Waals surface area contributed by atoms with Crippen LogP contribution in [0.2, 0.25) is 0 Å². The van der Waals surface area contributed by atoms with Gasteiger partial charge in [-0.2, -0.15) is 0 Å². The van der Waals surface area contributed by atoms with Crippen LogP contribution in [0.4, 0.5) is 0 Å². The van der Waals surface area contributed by atoms with Crippen LogP contribution in [-0.2, 0) is 4.74 Å². The van der Waals surface area contributed by atoms with Crippen molar-refractivity contribution in [2.45, 2.75) is 12.8 Å². The van der Waals surface area contributed by atoms with Crippen molar-refractivity contribution in [1.29, 1.82) is 0 Å². The second-order valence-electron chi connectivity index (χ2n) is 4.66. The third-order valence-corrected chi connectivity index (χ3v) is 3.50. The van der Waals surface area contributed by atoms with Crippen LogP contribution < -0.4 is 14.2 Å². The van der Waals surface area contributed by atoms with Crippen LogP contribution in [0.5, 0.6) is 17.2 Å². The molecule has 0 bridgehead atoms. The Morgan fingerprint density at radius 3 is 2.45 bits per heavy atom. The number of hydrogen-bond acceptors (Lipinski definition) is 5. The minimum absolute atomic E-state index is 0.0301. The van der Waals surface area contributed by atoms with Crippen molar-refractivity contribution in [2.75, 3.05) is 34.5 Å². The quantitative estimate of drug-likeness (QED) is 0.775. The molecule has 1 aliphatic heterocycles. The van der Waals surface area contributed by atoms with Crippen molar-refractivity contribution in [2.24, 2.45) is 5.92 Å². The molecule has 5 nitrogen and oxygen atoms in total. The monoisotopic (exact) mass is 280 g/mol. The van der Waals surface area contributed by atoms with E-state index in [-0.39, 0.29) is 11.7 Å². The second-order valence-corrected chi connectivity index (χ2v) is 4.66. The third-order valence-electron chi connectivity index (χ3n) is 3.50. The Morgan fingerprint density at radius 1 is 1.15 bits per heavy atom. The van der Waals surface area contributed by atoms with E-state index in [1.807, 2.05) is 0 Å². The lowest BCUT2D eigenvalue weighted by Crippen LogP contribution is -2.25. The summed E-state index contributed by atoms with van der Waals surface area (Å²) in [6.45, 7) is 1.20. The fourth-order valence-electron chi connectivity index (χ4n) is 2.46. The van der Waals surface area contributed by atoms with Gasteiger partial charge < -0.3 is 18.9 Å². The van der Waals surface area contributed by atoms with Gasteiger partial charge in [-0.25, -0.2) is 0 Å². The number of carbonyl (C=O) groups is 1. The van der Waals surface area contributed by atoms with E-state index in [4.69, 9.17) is 18.9 Å². The minimum Gasteiger partial charge on any atom is -0.493 e. The van der Waals surface area contributed by atoms with E-state index in [1.54, 1.807) is 19.2 Å². The summed E-state index contributed by atoms with van der Waals surface area (Å²) in [7, 11) is 4.59. The van der Waals surface area contributed by atoms with Crippen LogP contribution in [0.1, 0.15) is 23.2 Å². The first kappa shape index (κ1) is 14.7. The standard InChI is InChI=1S/C15H20O5/c1-17-12-7-6-11(14(18-2)15(12)19-3)13(16)10-5-4-8-20-9-10/h6-7,10H,4-5,8-9H2,1-3H3. The topological polar surface area (TPSA) is 54.0 Å². The van der Waals surface area contributed by atoms with Crippen molar-refractivity contribution >= 4 is 5.78 Å². The lowest BCUT2D eigenvalue weighted by molar-refractivity contribution is 0.0459. The van der Waals surface area contributed by atoms with Crippen molar-refractivity contribution in [3.05, 3.63) is 17.7 Å². The molecule has 2 rings (SSSR count). The van der Waals surface area contributed by atoms with Crippen LogP contribution in [0, 0.1) is 5.92 Å². The Hall–Kier alpha value is -1.75. The van der Waals surface area contributed by atoms with Gasteiger partial charge in [-0.05, 0) is 25.0 Å². The molecule has 5 heteroatoms. The molecule has 1 heterocycles. The molecule has 0 N–H and O–H groups in total. The summed E-state index contributed by atoms with van der Waals surface area (Å²) in [5.74, 6) is 1.32. The molecule has 1 saturated heterocycles. The zero-order chi connectivity index (χ0) is 14.5. The molecule has 1 fully saturated rings. The highest BCUT2D eigenvalue weighted by molar-refractivity contribution is 6.01. The van der Waals surface area contributed by atoms with Gasteiger partial charge in [0.1, 0.15) is 0 Å². The smallest absolute Gasteiger partial charge is 0.204 e. The summed E-state index contributed by atoms with van der Waals surface area (Å²) in [5.41, 5.74) is 0.514. The summed E-state index contributed by atoms with van der Waals surface area (Å²) < 4.78 is 21.3. The molecule has 0 spiro atoms. The van der Waals surface area contributed by atoms with Crippen LogP contribution in [0.15, 0.2) is 12.1 Å². The van der Waals surface area contributed by atoms with Crippen molar-refractivity contribution in [3.8, 4) is 17.2 Å². The van der Waals surface area contributed by atoms with Gasteiger partial charge in [0.15, 0.2) is 17.3 Å². The van der Waals surface area contributed by atoms with Gasteiger partial charge in [0.2, 0.25) is 5.75 Å². The van der Waals surface area contributed by atoms with Gasteiger partial charge in [0.25, 0.3) is 0 Å². The normalized spacial score (nSPS) is 18.4. The largest absolute Gasteiger partial charge is 0.493 e. The average Bonchev–Trinajstić information content (AvgIpc) is 2.53. The maximum atomic E-state index is 12.6. The molecule has 0 saturated carbocycles. The summed E-state index contributed by atoms with van der Waals surface area (Å²) in [4.78, 5) is 12.6. The summed E-state index contributed by atoms with van der Waals surface area (Å²) in [6, 6.07) is 3.44. The zero-order valence-electron chi connectivity index (χ0n) is 12.1. The minimum atomic E-state index is -0.115. The van der Waals surface area contributed by atoms with E-state index < -0.39 is 0 Å². The fourth-order valence-corrected chi connectivity index (χ4v) is 2.46. The van der Waals surface area contributed by atoms with Crippen LogP contribution >= 0.6 is 0 Å². The van der Waals surface area contributed by atoms with Gasteiger partial charge in [-0.1, -0.05) is 0 Å². The summed E-state index contributed by atoms with van der Waals surface area (Å²) >= 11 is 0. The molecule has 0 aromatic heterocycles. The Labute approximate surface area is 118 Å². The van der Waals surface area contributed by atoms with E-state index in [9.17, 15) is 4.79 Å². The van der Waals surface area contributed by atoms with E-state index in [1.165, 1.54) is 14.2 Å². The van der Waals surface area contributed by atoms with E-state index in [0.717, 1.165) is 19.4 Å². The lowest BCUT2D eigenvalue weighted by Gasteiger charge is -2.22. The predicted molar refractivity (Wildman–Crippen MR) is 74.0 cm³/mol. The van der Waals surface area contributed by atoms with Gasteiger partial charge >= 0.3 is 0 Å². The number of benzene rings is 1. The highest BCUT2D eigenvalue weighted by atomic mass is 16.5. The Bertz CT molecular complexity index is 477. The number of carbonyl (C=O) groups excluding carboxylic acids is 1. The Balaban J connectivity index is 2.37. The molecule has 0 radical (unpaired) electrons. The number of ether oxygens (including phenoxy) is 4. The van der Waals surface area contributed by atoms with Crippen molar-refractivity contribution < 1.29 is 23.7 Å². The summed E-state index contributed by atoms with van der Waals surface area (Å²) in [6.07, 6.45) is 1.75. The van der Waals surface area contributed by atoms with Crippen LogP contribution in [0.25, 0.3) is 0 Å². The molecule has 20 heavy (non-hydrogen) atoms. The van der Waals surface area contributed by atoms with Crippen molar-refractivity contribution in [1.82, 2.24) is 0 Å². The van der Waals surface area contributed by atoms with Crippen LogP contribution in [0.3, 0.4) is 0 Å². The third kappa shape index (κ3) is 2.72. The highest BCUT2D eigenvalue weighted by Crippen LogP contribution is 2.40. The highest BCUT2D eigenvalue weighted by Gasteiger charge is 2.28. The van der Waals surface area contributed by atoms with Crippen LogP contribution in [-0.4, -0.2) is 40.3 Å². The molecule has 1 unspecified atom stereocenters. The van der Waals surface area contributed by atoms with E-state index in [2.05, 4.69) is 0 Å². The zero-order valence-corrected chi connectivity index (χ0v) is 12.1. The molecular weight excluding hydrogens is 260 g/mol. The molecule has 1 aliphatic rings. The van der Waals surface area contributed by atoms with Gasteiger partial charge in [0, 0.05) is 12.5 Å². The molecule has 1 atom stereocenters. The van der Waals surface area contributed by atoms with E-state index in [0.29, 0.717) is 29.4 Å². The van der Waals surface area contributed by atoms with Gasteiger partial charge in [0.05, 0.1) is 33.5 Å². The Kier molecular flexibility index (Phi) is 4.84. The molecule has 110 valence electrons.